The van der Waals surface area contributed by atoms with Crippen LogP contribution in [0.15, 0.2) is 51.7 Å². The zero-order valence-corrected chi connectivity index (χ0v) is 13.7. The summed E-state index contributed by atoms with van der Waals surface area (Å²) in [6, 6.07) is 12.6. The Balaban J connectivity index is 1.76. The van der Waals surface area contributed by atoms with Gasteiger partial charge in [0, 0.05) is 16.8 Å². The fourth-order valence-corrected chi connectivity index (χ4v) is 2.89. The molecule has 25 heavy (non-hydrogen) atoms. The molecule has 0 aliphatic heterocycles. The molecule has 0 aliphatic carbocycles. The maximum atomic E-state index is 12.8. The van der Waals surface area contributed by atoms with Crippen LogP contribution in [0.3, 0.4) is 0 Å². The molecule has 2 aromatic heterocycles. The SMILES string of the molecule is Cc1ccc2nc(C)cc(C(=O)Nc3ccc4oc(=O)[nH]c4c3)c2c1. The first-order valence-electron chi connectivity index (χ1n) is 7.82. The minimum atomic E-state index is -0.523. The van der Waals surface area contributed by atoms with Crippen LogP contribution < -0.4 is 11.1 Å². The van der Waals surface area contributed by atoms with Crippen LogP contribution in [0.5, 0.6) is 0 Å². The lowest BCUT2D eigenvalue weighted by Gasteiger charge is -2.10. The van der Waals surface area contributed by atoms with E-state index in [1.54, 1.807) is 24.3 Å². The first-order chi connectivity index (χ1) is 12.0. The number of nitrogens with one attached hydrogen (secondary N) is 2. The van der Waals surface area contributed by atoms with Crippen LogP contribution in [-0.2, 0) is 0 Å². The molecule has 2 heterocycles. The van der Waals surface area contributed by atoms with E-state index in [-0.39, 0.29) is 5.91 Å². The Labute approximate surface area is 142 Å². The van der Waals surface area contributed by atoms with Crippen LogP contribution in [-0.4, -0.2) is 15.9 Å². The summed E-state index contributed by atoms with van der Waals surface area (Å²) >= 11 is 0. The summed E-state index contributed by atoms with van der Waals surface area (Å²) < 4.78 is 4.97. The molecule has 124 valence electrons. The van der Waals surface area contributed by atoms with Crippen molar-refractivity contribution < 1.29 is 9.21 Å². The highest BCUT2D eigenvalue weighted by atomic mass is 16.4. The predicted molar refractivity (Wildman–Crippen MR) is 96.0 cm³/mol. The number of H-pyrrole nitrogens is 1. The van der Waals surface area contributed by atoms with E-state index >= 15 is 0 Å². The Morgan fingerprint density at radius 1 is 1.12 bits per heavy atom. The van der Waals surface area contributed by atoms with Crippen LogP contribution in [0.25, 0.3) is 22.0 Å². The second-order valence-corrected chi connectivity index (χ2v) is 6.01. The number of rotatable bonds is 2. The lowest BCUT2D eigenvalue weighted by atomic mass is 10.0. The quantitative estimate of drug-likeness (QED) is 0.587. The van der Waals surface area contributed by atoms with Crippen molar-refractivity contribution in [3.63, 3.8) is 0 Å². The number of aromatic amines is 1. The van der Waals surface area contributed by atoms with Crippen molar-refractivity contribution in [1.82, 2.24) is 9.97 Å². The third-order valence-electron chi connectivity index (χ3n) is 4.01. The first-order valence-corrected chi connectivity index (χ1v) is 7.82. The van der Waals surface area contributed by atoms with Gasteiger partial charge in [-0.25, -0.2) is 4.79 Å². The van der Waals surface area contributed by atoms with Gasteiger partial charge < -0.3 is 9.73 Å². The van der Waals surface area contributed by atoms with Crippen molar-refractivity contribution in [2.24, 2.45) is 0 Å². The highest BCUT2D eigenvalue weighted by molar-refractivity contribution is 6.12. The second-order valence-electron chi connectivity index (χ2n) is 6.01. The standard InChI is InChI=1S/C19H15N3O3/c1-10-3-5-15-13(7-10)14(8-11(2)20-15)18(23)21-12-4-6-17-16(9-12)22-19(24)25-17/h3-9H,1-2H3,(H,21,23)(H,22,24). The molecule has 0 unspecified atom stereocenters. The highest BCUT2D eigenvalue weighted by Gasteiger charge is 2.13. The molecule has 0 spiro atoms. The summed E-state index contributed by atoms with van der Waals surface area (Å²) in [4.78, 5) is 31.1. The summed E-state index contributed by atoms with van der Waals surface area (Å²) in [5.74, 6) is -0.754. The fourth-order valence-electron chi connectivity index (χ4n) is 2.89. The molecular formula is C19H15N3O3. The minimum absolute atomic E-state index is 0.230. The monoisotopic (exact) mass is 333 g/mol. The van der Waals surface area contributed by atoms with Gasteiger partial charge in [-0.1, -0.05) is 11.6 Å². The van der Waals surface area contributed by atoms with Crippen LogP contribution in [0.4, 0.5) is 5.69 Å². The van der Waals surface area contributed by atoms with E-state index in [1.807, 2.05) is 32.0 Å². The summed E-state index contributed by atoms with van der Waals surface area (Å²) in [7, 11) is 0. The van der Waals surface area contributed by atoms with E-state index in [0.29, 0.717) is 22.4 Å². The predicted octanol–water partition coefficient (Wildman–Crippen LogP) is 3.54. The van der Waals surface area contributed by atoms with Gasteiger partial charge >= 0.3 is 5.76 Å². The van der Waals surface area contributed by atoms with Gasteiger partial charge in [-0.05, 0) is 50.2 Å². The Bertz CT molecular complexity index is 1190. The number of carbonyl (C=O) groups is 1. The van der Waals surface area contributed by atoms with Crippen molar-refractivity contribution in [2.75, 3.05) is 5.32 Å². The molecule has 4 aromatic rings. The zero-order valence-electron chi connectivity index (χ0n) is 13.7. The molecule has 6 heteroatoms. The average Bonchev–Trinajstić information content (AvgIpc) is 2.93. The molecule has 2 aromatic carbocycles. The van der Waals surface area contributed by atoms with Crippen LogP contribution in [0.1, 0.15) is 21.6 Å². The van der Waals surface area contributed by atoms with Crippen LogP contribution in [0.2, 0.25) is 0 Å². The number of oxazole rings is 1. The number of anilines is 1. The topological polar surface area (TPSA) is 88.0 Å². The van der Waals surface area contributed by atoms with Crippen molar-refractivity contribution in [3.8, 4) is 0 Å². The molecule has 0 bridgehead atoms. The van der Waals surface area contributed by atoms with Gasteiger partial charge in [0.15, 0.2) is 5.58 Å². The van der Waals surface area contributed by atoms with E-state index < -0.39 is 5.76 Å². The summed E-state index contributed by atoms with van der Waals surface area (Å²) in [6.45, 7) is 3.84. The van der Waals surface area contributed by atoms with Gasteiger partial charge in [-0.15, -0.1) is 0 Å². The van der Waals surface area contributed by atoms with E-state index in [4.69, 9.17) is 4.42 Å². The summed E-state index contributed by atoms with van der Waals surface area (Å²) in [6.07, 6.45) is 0. The Morgan fingerprint density at radius 3 is 2.80 bits per heavy atom. The number of amides is 1. The molecule has 0 saturated heterocycles. The molecule has 6 nitrogen and oxygen atoms in total. The van der Waals surface area contributed by atoms with Crippen molar-refractivity contribution in [1.29, 1.82) is 0 Å². The number of fused-ring (bicyclic) bond motifs is 2. The number of carbonyl (C=O) groups excluding carboxylic acids is 1. The van der Waals surface area contributed by atoms with Gasteiger partial charge in [-0.2, -0.15) is 0 Å². The molecule has 4 rings (SSSR count). The summed E-state index contributed by atoms with van der Waals surface area (Å²) in [5.41, 5.74) is 4.74. The van der Waals surface area contributed by atoms with Gasteiger partial charge in [0.2, 0.25) is 0 Å². The number of hydrogen-bond donors (Lipinski definition) is 2. The molecule has 2 N–H and O–H groups in total. The number of nitrogens with zero attached hydrogens (tertiary/aromatic N) is 1. The third-order valence-corrected chi connectivity index (χ3v) is 4.01. The minimum Gasteiger partial charge on any atom is -0.408 e. The molecule has 0 radical (unpaired) electrons. The number of pyridine rings is 1. The van der Waals surface area contributed by atoms with Gasteiger partial charge in [-0.3, -0.25) is 14.8 Å². The third kappa shape index (κ3) is 2.78. The zero-order chi connectivity index (χ0) is 17.6. The normalized spacial score (nSPS) is 11.1. The van der Waals surface area contributed by atoms with E-state index in [2.05, 4.69) is 15.3 Å². The maximum Gasteiger partial charge on any atom is 0.417 e. The van der Waals surface area contributed by atoms with Gasteiger partial charge in [0.1, 0.15) is 0 Å². The number of benzene rings is 2. The van der Waals surface area contributed by atoms with Gasteiger partial charge in [0.05, 0.1) is 16.6 Å². The van der Waals surface area contributed by atoms with Crippen molar-refractivity contribution in [3.05, 3.63) is 69.8 Å². The molecule has 0 aliphatic rings. The number of aromatic nitrogens is 2. The molecule has 0 fully saturated rings. The average molecular weight is 333 g/mol. The smallest absolute Gasteiger partial charge is 0.408 e. The van der Waals surface area contributed by atoms with Crippen LogP contribution in [0, 0.1) is 13.8 Å². The number of hydrogen-bond acceptors (Lipinski definition) is 4. The number of aryl methyl sites for hydroxylation is 2. The summed E-state index contributed by atoms with van der Waals surface area (Å²) in [5, 5.41) is 3.67. The lowest BCUT2D eigenvalue weighted by molar-refractivity contribution is 0.102. The highest BCUT2D eigenvalue weighted by Crippen LogP contribution is 2.22. The Hall–Kier alpha value is -3.41. The first kappa shape index (κ1) is 15.1. The van der Waals surface area contributed by atoms with Crippen molar-refractivity contribution in [2.45, 2.75) is 13.8 Å². The van der Waals surface area contributed by atoms with Crippen LogP contribution >= 0.6 is 0 Å². The van der Waals surface area contributed by atoms with Crippen molar-refractivity contribution >= 4 is 33.6 Å². The maximum absolute atomic E-state index is 12.8. The molecule has 1 amide bonds. The molecular weight excluding hydrogens is 318 g/mol. The molecule has 0 saturated carbocycles. The molecule has 0 atom stereocenters. The fraction of sp³-hybridized carbons (Fsp3) is 0.105. The van der Waals surface area contributed by atoms with E-state index in [1.165, 1.54) is 0 Å². The van der Waals surface area contributed by atoms with E-state index in [9.17, 15) is 9.59 Å². The Kier molecular flexibility index (Phi) is 3.39. The lowest BCUT2D eigenvalue weighted by Crippen LogP contribution is -2.13. The van der Waals surface area contributed by atoms with Gasteiger partial charge in [0.25, 0.3) is 5.91 Å². The largest absolute Gasteiger partial charge is 0.417 e. The second kappa shape index (κ2) is 5.59. The Morgan fingerprint density at radius 2 is 1.96 bits per heavy atom. The van der Waals surface area contributed by atoms with E-state index in [0.717, 1.165) is 22.2 Å².